The predicted molar refractivity (Wildman–Crippen MR) is 64.8 cm³/mol. The van der Waals surface area contributed by atoms with Gasteiger partial charge in [0.05, 0.1) is 16.2 Å². The molecule has 2 aromatic rings. The maximum absolute atomic E-state index is 11.3. The average molecular weight is 243 g/mol. The van der Waals surface area contributed by atoms with Crippen molar-refractivity contribution < 1.29 is 9.72 Å². The summed E-state index contributed by atoms with van der Waals surface area (Å²) >= 11 is 0. The number of primary amides is 1. The van der Waals surface area contributed by atoms with E-state index < -0.39 is 10.8 Å². The second-order valence-electron chi connectivity index (χ2n) is 3.58. The SMILES string of the molecule is NC(=O)c1cc([N+](=O)[O-])cnc1-c1ccccc1. The Morgan fingerprint density at radius 1 is 1.28 bits per heavy atom. The van der Waals surface area contributed by atoms with Crippen molar-refractivity contribution in [2.45, 2.75) is 0 Å². The number of carbonyl (C=O) groups is 1. The summed E-state index contributed by atoms with van der Waals surface area (Å²) in [7, 11) is 0. The van der Waals surface area contributed by atoms with Crippen LogP contribution in [0.1, 0.15) is 10.4 Å². The van der Waals surface area contributed by atoms with E-state index in [0.29, 0.717) is 11.3 Å². The number of benzene rings is 1. The zero-order valence-electron chi connectivity index (χ0n) is 9.24. The highest BCUT2D eigenvalue weighted by Gasteiger charge is 2.16. The topological polar surface area (TPSA) is 99.1 Å². The van der Waals surface area contributed by atoms with Gasteiger partial charge in [-0.25, -0.2) is 4.98 Å². The Bertz CT molecular complexity index is 611. The van der Waals surface area contributed by atoms with Crippen molar-refractivity contribution in [2.24, 2.45) is 5.73 Å². The number of rotatable bonds is 3. The largest absolute Gasteiger partial charge is 0.366 e. The molecule has 1 amide bonds. The Kier molecular flexibility index (Phi) is 3.01. The first-order valence-electron chi connectivity index (χ1n) is 5.09. The van der Waals surface area contributed by atoms with Gasteiger partial charge in [0.1, 0.15) is 6.20 Å². The van der Waals surface area contributed by atoms with Crippen LogP contribution in [-0.4, -0.2) is 15.8 Å². The smallest absolute Gasteiger partial charge is 0.288 e. The molecule has 0 saturated carbocycles. The van der Waals surface area contributed by atoms with E-state index >= 15 is 0 Å². The van der Waals surface area contributed by atoms with E-state index in [9.17, 15) is 14.9 Å². The van der Waals surface area contributed by atoms with Crippen LogP contribution in [0.5, 0.6) is 0 Å². The molecule has 0 radical (unpaired) electrons. The van der Waals surface area contributed by atoms with E-state index in [1.807, 2.05) is 6.07 Å². The van der Waals surface area contributed by atoms with Crippen molar-refractivity contribution in [1.29, 1.82) is 0 Å². The molecule has 1 aromatic heterocycles. The minimum atomic E-state index is -0.745. The first kappa shape index (κ1) is 11.7. The third-order valence-electron chi connectivity index (χ3n) is 2.40. The van der Waals surface area contributed by atoms with Gasteiger partial charge in [-0.3, -0.25) is 14.9 Å². The van der Waals surface area contributed by atoms with E-state index in [4.69, 9.17) is 5.73 Å². The summed E-state index contributed by atoms with van der Waals surface area (Å²) in [6, 6.07) is 10.0. The van der Waals surface area contributed by atoms with Crippen molar-refractivity contribution in [3.8, 4) is 11.3 Å². The number of amides is 1. The van der Waals surface area contributed by atoms with Crippen molar-refractivity contribution in [1.82, 2.24) is 4.98 Å². The van der Waals surface area contributed by atoms with Crippen LogP contribution in [-0.2, 0) is 0 Å². The summed E-state index contributed by atoms with van der Waals surface area (Å²) in [5.74, 6) is -0.745. The monoisotopic (exact) mass is 243 g/mol. The fraction of sp³-hybridized carbons (Fsp3) is 0. The summed E-state index contributed by atoms with van der Waals surface area (Å²) in [6.45, 7) is 0. The van der Waals surface area contributed by atoms with Crippen LogP contribution >= 0.6 is 0 Å². The molecule has 2 rings (SSSR count). The van der Waals surface area contributed by atoms with Gasteiger partial charge in [-0.1, -0.05) is 30.3 Å². The molecule has 1 aromatic carbocycles. The van der Waals surface area contributed by atoms with Crippen molar-refractivity contribution in [3.63, 3.8) is 0 Å². The second kappa shape index (κ2) is 4.62. The highest BCUT2D eigenvalue weighted by Crippen LogP contribution is 2.24. The summed E-state index contributed by atoms with van der Waals surface area (Å²) in [5.41, 5.74) is 6.02. The van der Waals surface area contributed by atoms with Crippen LogP contribution in [0.25, 0.3) is 11.3 Å². The zero-order valence-corrected chi connectivity index (χ0v) is 9.24. The minimum absolute atomic E-state index is 0.0374. The van der Waals surface area contributed by atoms with Gasteiger partial charge in [0, 0.05) is 11.6 Å². The normalized spacial score (nSPS) is 10.0. The lowest BCUT2D eigenvalue weighted by atomic mass is 10.1. The number of hydrogen-bond acceptors (Lipinski definition) is 4. The molecule has 6 nitrogen and oxygen atoms in total. The number of hydrogen-bond donors (Lipinski definition) is 1. The lowest BCUT2D eigenvalue weighted by molar-refractivity contribution is -0.385. The molecule has 0 aliphatic rings. The van der Waals surface area contributed by atoms with Crippen LogP contribution in [0.4, 0.5) is 5.69 Å². The number of pyridine rings is 1. The molecule has 0 aliphatic heterocycles. The molecule has 0 aliphatic carbocycles. The Labute approximate surface area is 102 Å². The molecule has 2 N–H and O–H groups in total. The van der Waals surface area contributed by atoms with E-state index in [2.05, 4.69) is 4.98 Å². The molecular formula is C12H9N3O3. The van der Waals surface area contributed by atoms with Gasteiger partial charge >= 0.3 is 0 Å². The van der Waals surface area contributed by atoms with Crippen LogP contribution in [0.2, 0.25) is 0 Å². The summed E-state index contributed by atoms with van der Waals surface area (Å²) in [5, 5.41) is 10.6. The minimum Gasteiger partial charge on any atom is -0.366 e. The van der Waals surface area contributed by atoms with Crippen LogP contribution in [0, 0.1) is 10.1 Å². The van der Waals surface area contributed by atoms with Crippen LogP contribution in [0.15, 0.2) is 42.6 Å². The van der Waals surface area contributed by atoms with Crippen molar-refractivity contribution in [2.75, 3.05) is 0 Å². The standard InChI is InChI=1S/C12H9N3O3/c13-12(16)10-6-9(15(17)18)7-14-11(10)8-4-2-1-3-5-8/h1-7H,(H2,13,16). The Hall–Kier alpha value is -2.76. The van der Waals surface area contributed by atoms with Crippen molar-refractivity contribution in [3.05, 3.63) is 58.3 Å². The van der Waals surface area contributed by atoms with Gasteiger partial charge in [-0.15, -0.1) is 0 Å². The number of nitrogens with two attached hydrogens (primary N) is 1. The third-order valence-corrected chi connectivity index (χ3v) is 2.40. The fourth-order valence-corrected chi connectivity index (χ4v) is 1.57. The molecule has 0 atom stereocenters. The highest BCUT2D eigenvalue weighted by atomic mass is 16.6. The van der Waals surface area contributed by atoms with Gasteiger partial charge in [0.15, 0.2) is 0 Å². The summed E-state index contributed by atoms with van der Waals surface area (Å²) in [4.78, 5) is 25.3. The Morgan fingerprint density at radius 2 is 1.94 bits per heavy atom. The molecule has 0 spiro atoms. The molecule has 90 valence electrons. The summed E-state index contributed by atoms with van der Waals surface area (Å²) < 4.78 is 0. The number of nitrogens with zero attached hydrogens (tertiary/aromatic N) is 2. The molecule has 1 heterocycles. The maximum atomic E-state index is 11.3. The van der Waals surface area contributed by atoms with E-state index in [1.54, 1.807) is 24.3 Å². The Morgan fingerprint density at radius 3 is 2.50 bits per heavy atom. The number of carbonyl (C=O) groups excluding carboxylic acids is 1. The molecule has 0 fully saturated rings. The highest BCUT2D eigenvalue weighted by molar-refractivity contribution is 5.99. The van der Waals surface area contributed by atoms with E-state index in [-0.39, 0.29) is 11.3 Å². The maximum Gasteiger partial charge on any atom is 0.288 e. The molecule has 18 heavy (non-hydrogen) atoms. The fourth-order valence-electron chi connectivity index (χ4n) is 1.57. The van der Waals surface area contributed by atoms with Gasteiger partial charge in [-0.2, -0.15) is 0 Å². The Balaban J connectivity index is 2.61. The van der Waals surface area contributed by atoms with Crippen molar-refractivity contribution >= 4 is 11.6 Å². The summed E-state index contributed by atoms with van der Waals surface area (Å²) in [6.07, 6.45) is 1.11. The molecule has 0 unspecified atom stereocenters. The zero-order chi connectivity index (χ0) is 13.1. The van der Waals surface area contributed by atoms with Gasteiger partial charge in [0.2, 0.25) is 0 Å². The first-order valence-corrected chi connectivity index (χ1v) is 5.09. The van der Waals surface area contributed by atoms with Gasteiger partial charge in [-0.05, 0) is 0 Å². The average Bonchev–Trinajstić information content (AvgIpc) is 2.39. The first-order chi connectivity index (χ1) is 8.59. The quantitative estimate of drug-likeness (QED) is 0.655. The molecule has 0 saturated heterocycles. The lowest BCUT2D eigenvalue weighted by Gasteiger charge is -2.05. The van der Waals surface area contributed by atoms with E-state index in [1.165, 1.54) is 0 Å². The van der Waals surface area contributed by atoms with Gasteiger partial charge < -0.3 is 5.73 Å². The molecule has 6 heteroatoms. The number of nitro groups is 1. The third kappa shape index (κ3) is 2.17. The lowest BCUT2D eigenvalue weighted by Crippen LogP contribution is -2.13. The van der Waals surface area contributed by atoms with E-state index in [0.717, 1.165) is 12.3 Å². The second-order valence-corrected chi connectivity index (χ2v) is 3.58. The predicted octanol–water partition coefficient (Wildman–Crippen LogP) is 1.76. The van der Waals surface area contributed by atoms with Crippen LogP contribution < -0.4 is 5.73 Å². The number of aromatic nitrogens is 1. The van der Waals surface area contributed by atoms with Gasteiger partial charge in [0.25, 0.3) is 11.6 Å². The van der Waals surface area contributed by atoms with Crippen LogP contribution in [0.3, 0.4) is 0 Å². The molecule has 0 bridgehead atoms. The molecular weight excluding hydrogens is 234 g/mol.